The van der Waals surface area contributed by atoms with E-state index in [4.69, 9.17) is 16.9 Å². The van der Waals surface area contributed by atoms with Gasteiger partial charge in [0.15, 0.2) is 6.29 Å². The van der Waals surface area contributed by atoms with Crippen molar-refractivity contribution in [1.82, 2.24) is 0 Å². The molecule has 0 atom stereocenters. The summed E-state index contributed by atoms with van der Waals surface area (Å²) in [6.07, 6.45) is 0.757. The van der Waals surface area contributed by atoms with Crippen LogP contribution in [0.4, 0.5) is 11.4 Å². The SMILES string of the molecule is CN(c1ccccc1C#N)c1c(Cl)cccc1C=O. The molecular weight excluding hydrogens is 260 g/mol. The van der Waals surface area contributed by atoms with Crippen LogP contribution in [0.15, 0.2) is 42.5 Å². The highest BCUT2D eigenvalue weighted by molar-refractivity contribution is 6.34. The Kier molecular flexibility index (Phi) is 3.84. The lowest BCUT2D eigenvalue weighted by Gasteiger charge is -2.23. The van der Waals surface area contributed by atoms with Crippen molar-refractivity contribution < 1.29 is 4.79 Å². The van der Waals surface area contributed by atoms with E-state index in [2.05, 4.69) is 6.07 Å². The lowest BCUT2D eigenvalue weighted by atomic mass is 10.1. The van der Waals surface area contributed by atoms with Gasteiger partial charge in [-0.3, -0.25) is 4.79 Å². The summed E-state index contributed by atoms with van der Waals surface area (Å²) in [5.74, 6) is 0. The van der Waals surface area contributed by atoms with Crippen molar-refractivity contribution in [1.29, 1.82) is 5.26 Å². The fourth-order valence-corrected chi connectivity index (χ4v) is 2.27. The summed E-state index contributed by atoms with van der Waals surface area (Å²) < 4.78 is 0. The Balaban J connectivity index is 2.60. The van der Waals surface area contributed by atoms with E-state index in [0.717, 1.165) is 6.29 Å². The van der Waals surface area contributed by atoms with Crippen molar-refractivity contribution in [3.05, 3.63) is 58.6 Å². The fraction of sp³-hybridized carbons (Fsp3) is 0.0667. The highest BCUT2D eigenvalue weighted by atomic mass is 35.5. The molecule has 0 saturated heterocycles. The Morgan fingerprint density at radius 1 is 1.21 bits per heavy atom. The lowest BCUT2D eigenvalue weighted by molar-refractivity contribution is 0.112. The van der Waals surface area contributed by atoms with Crippen LogP contribution in [0, 0.1) is 11.3 Å². The van der Waals surface area contributed by atoms with Crippen molar-refractivity contribution in [2.24, 2.45) is 0 Å². The van der Waals surface area contributed by atoms with Crippen LogP contribution in [0.1, 0.15) is 15.9 Å². The average molecular weight is 271 g/mol. The summed E-state index contributed by atoms with van der Waals surface area (Å²) >= 11 is 6.16. The van der Waals surface area contributed by atoms with Crippen LogP contribution in [-0.2, 0) is 0 Å². The molecule has 0 radical (unpaired) electrons. The monoisotopic (exact) mass is 270 g/mol. The molecule has 0 bridgehead atoms. The van der Waals surface area contributed by atoms with E-state index in [1.54, 1.807) is 42.3 Å². The third-order valence-corrected chi connectivity index (χ3v) is 3.17. The minimum absolute atomic E-state index is 0.472. The van der Waals surface area contributed by atoms with Gasteiger partial charge in [-0.05, 0) is 24.3 Å². The molecule has 0 aliphatic rings. The highest BCUT2D eigenvalue weighted by Crippen LogP contribution is 2.34. The Morgan fingerprint density at radius 2 is 1.95 bits per heavy atom. The number of nitriles is 1. The molecule has 0 N–H and O–H groups in total. The molecule has 2 rings (SSSR count). The molecule has 4 heteroatoms. The topological polar surface area (TPSA) is 44.1 Å². The van der Waals surface area contributed by atoms with Crippen LogP contribution in [0.2, 0.25) is 5.02 Å². The molecule has 0 aromatic heterocycles. The number of rotatable bonds is 3. The molecule has 2 aromatic rings. The Bertz CT molecular complexity index is 661. The van der Waals surface area contributed by atoms with Gasteiger partial charge in [0, 0.05) is 12.6 Å². The Morgan fingerprint density at radius 3 is 2.63 bits per heavy atom. The number of nitrogens with zero attached hydrogens (tertiary/aromatic N) is 2. The smallest absolute Gasteiger partial charge is 0.152 e. The van der Waals surface area contributed by atoms with Gasteiger partial charge in [-0.25, -0.2) is 0 Å². The maximum absolute atomic E-state index is 11.1. The van der Waals surface area contributed by atoms with Gasteiger partial charge in [0.25, 0.3) is 0 Å². The van der Waals surface area contributed by atoms with E-state index >= 15 is 0 Å². The second-order valence-electron chi connectivity index (χ2n) is 3.98. The van der Waals surface area contributed by atoms with Crippen molar-refractivity contribution in [3.8, 4) is 6.07 Å². The van der Waals surface area contributed by atoms with Gasteiger partial charge in [-0.15, -0.1) is 0 Å². The Hall–Kier alpha value is -2.31. The van der Waals surface area contributed by atoms with Gasteiger partial charge in [-0.1, -0.05) is 29.8 Å². The van der Waals surface area contributed by atoms with Gasteiger partial charge in [-0.2, -0.15) is 5.26 Å². The summed E-state index contributed by atoms with van der Waals surface area (Å²) in [6, 6.07) is 14.4. The number of aldehydes is 1. The van der Waals surface area contributed by atoms with Crippen molar-refractivity contribution in [2.75, 3.05) is 11.9 Å². The molecule has 0 aliphatic carbocycles. The number of anilines is 2. The average Bonchev–Trinajstić information content (AvgIpc) is 2.46. The Labute approximate surface area is 116 Å². The van der Waals surface area contributed by atoms with Crippen LogP contribution in [0.25, 0.3) is 0 Å². The van der Waals surface area contributed by atoms with Gasteiger partial charge in [0.2, 0.25) is 0 Å². The maximum Gasteiger partial charge on any atom is 0.152 e. The number of hydrogen-bond donors (Lipinski definition) is 0. The van der Waals surface area contributed by atoms with E-state index in [9.17, 15) is 4.79 Å². The predicted molar refractivity (Wildman–Crippen MR) is 76.1 cm³/mol. The van der Waals surface area contributed by atoms with Crippen LogP contribution in [-0.4, -0.2) is 13.3 Å². The molecule has 19 heavy (non-hydrogen) atoms. The first kappa shape index (κ1) is 13.1. The molecular formula is C15H11ClN2O. The van der Waals surface area contributed by atoms with Gasteiger partial charge in [0.05, 0.1) is 22.0 Å². The molecule has 0 spiro atoms. The summed E-state index contributed by atoms with van der Waals surface area (Å²) in [6.45, 7) is 0. The van der Waals surface area contributed by atoms with Crippen molar-refractivity contribution in [2.45, 2.75) is 0 Å². The fourth-order valence-electron chi connectivity index (χ4n) is 1.96. The zero-order valence-electron chi connectivity index (χ0n) is 10.3. The number of carbonyl (C=O) groups is 1. The van der Waals surface area contributed by atoms with Crippen LogP contribution in [0.3, 0.4) is 0 Å². The molecule has 3 nitrogen and oxygen atoms in total. The number of hydrogen-bond acceptors (Lipinski definition) is 3. The number of benzene rings is 2. The van der Waals surface area contributed by atoms with Gasteiger partial charge >= 0.3 is 0 Å². The quantitative estimate of drug-likeness (QED) is 0.797. The predicted octanol–water partition coefficient (Wildman–Crippen LogP) is 3.79. The van der Waals surface area contributed by atoms with Gasteiger partial charge in [0.1, 0.15) is 6.07 Å². The second-order valence-corrected chi connectivity index (χ2v) is 4.39. The first-order valence-corrected chi connectivity index (χ1v) is 6.03. The third-order valence-electron chi connectivity index (χ3n) is 2.87. The summed E-state index contributed by atoms with van der Waals surface area (Å²) in [7, 11) is 1.78. The standard InChI is InChI=1S/C15H11ClN2O/c1-18(14-8-3-2-5-11(14)9-17)15-12(10-19)6-4-7-13(15)16/h2-8,10H,1H3. The molecule has 0 saturated carbocycles. The van der Waals surface area contributed by atoms with E-state index in [1.807, 2.05) is 12.1 Å². The minimum Gasteiger partial charge on any atom is -0.342 e. The van der Waals surface area contributed by atoms with E-state index in [-0.39, 0.29) is 0 Å². The molecule has 0 amide bonds. The summed E-state index contributed by atoms with van der Waals surface area (Å²) in [4.78, 5) is 12.9. The van der Waals surface area contributed by atoms with E-state index in [0.29, 0.717) is 27.5 Å². The van der Waals surface area contributed by atoms with Crippen LogP contribution in [0.5, 0.6) is 0 Å². The molecule has 0 heterocycles. The number of halogens is 1. The highest BCUT2D eigenvalue weighted by Gasteiger charge is 2.15. The molecule has 94 valence electrons. The first-order valence-electron chi connectivity index (χ1n) is 5.65. The van der Waals surface area contributed by atoms with Crippen molar-refractivity contribution >= 4 is 29.3 Å². The van der Waals surface area contributed by atoms with E-state index < -0.39 is 0 Å². The summed E-state index contributed by atoms with van der Waals surface area (Å²) in [5, 5.41) is 9.60. The minimum atomic E-state index is 0.472. The maximum atomic E-state index is 11.1. The zero-order chi connectivity index (χ0) is 13.8. The van der Waals surface area contributed by atoms with Crippen molar-refractivity contribution in [3.63, 3.8) is 0 Å². The summed E-state index contributed by atoms with van der Waals surface area (Å²) in [5.41, 5.74) is 2.33. The van der Waals surface area contributed by atoms with E-state index in [1.165, 1.54) is 0 Å². The molecule has 2 aromatic carbocycles. The van der Waals surface area contributed by atoms with Crippen LogP contribution >= 0.6 is 11.6 Å². The molecule has 0 aliphatic heterocycles. The second kappa shape index (κ2) is 5.55. The zero-order valence-corrected chi connectivity index (χ0v) is 11.1. The lowest BCUT2D eigenvalue weighted by Crippen LogP contribution is -2.13. The largest absolute Gasteiger partial charge is 0.342 e. The van der Waals surface area contributed by atoms with Crippen LogP contribution < -0.4 is 4.90 Å². The molecule has 0 unspecified atom stereocenters. The molecule has 0 fully saturated rings. The third kappa shape index (κ3) is 2.44. The number of carbonyl (C=O) groups excluding carboxylic acids is 1. The number of para-hydroxylation sites is 2. The van der Waals surface area contributed by atoms with Gasteiger partial charge < -0.3 is 4.90 Å². The normalized spacial score (nSPS) is 9.74. The first-order chi connectivity index (χ1) is 9.19.